The number of sulfone groups is 1. The van der Waals surface area contributed by atoms with Gasteiger partial charge in [0.05, 0.1) is 4.75 Å². The smallest absolute Gasteiger partial charge is 0.154 e. The fourth-order valence-corrected chi connectivity index (χ4v) is 2.08. The predicted octanol–water partition coefficient (Wildman–Crippen LogP) is 2.43. The molecule has 7 heteroatoms. The van der Waals surface area contributed by atoms with Crippen LogP contribution in [0.5, 0.6) is 0 Å². The van der Waals surface area contributed by atoms with Crippen molar-refractivity contribution in [1.29, 1.82) is 0 Å². The van der Waals surface area contributed by atoms with Crippen LogP contribution in [0.3, 0.4) is 0 Å². The second-order valence-corrected chi connectivity index (χ2v) is 8.59. The number of anilines is 1. The van der Waals surface area contributed by atoms with Crippen LogP contribution in [0.15, 0.2) is 10.7 Å². The van der Waals surface area contributed by atoms with Crippen molar-refractivity contribution in [3.8, 4) is 0 Å². The number of rotatable bonds is 6. The lowest BCUT2D eigenvalue weighted by Gasteiger charge is -2.23. The van der Waals surface area contributed by atoms with E-state index in [-0.39, 0.29) is 0 Å². The average Bonchev–Trinajstić information content (AvgIpc) is 2.25. The van der Waals surface area contributed by atoms with Gasteiger partial charge in [-0.05, 0) is 36.2 Å². The highest BCUT2D eigenvalue weighted by atomic mass is 79.9. The van der Waals surface area contributed by atoms with E-state index in [1.54, 1.807) is 19.9 Å². The van der Waals surface area contributed by atoms with E-state index in [4.69, 9.17) is 0 Å². The van der Waals surface area contributed by atoms with Crippen LogP contribution < -0.4 is 5.32 Å². The van der Waals surface area contributed by atoms with Gasteiger partial charge in [-0.25, -0.2) is 18.4 Å². The van der Waals surface area contributed by atoms with Crippen molar-refractivity contribution >= 4 is 31.6 Å². The first-order valence-electron chi connectivity index (χ1n) is 6.12. The third-order valence-electron chi connectivity index (χ3n) is 2.91. The second-order valence-electron chi connectivity index (χ2n) is 5.13. The van der Waals surface area contributed by atoms with Crippen LogP contribution >= 0.6 is 15.9 Å². The number of aromatic nitrogens is 2. The fraction of sp³-hybridized carbons (Fsp3) is 0.667. The molecule has 108 valence electrons. The third-order valence-corrected chi connectivity index (χ3v) is 5.47. The molecule has 0 fully saturated rings. The summed E-state index contributed by atoms with van der Waals surface area (Å²) in [5.41, 5.74) is 0. The molecule has 1 aromatic rings. The van der Waals surface area contributed by atoms with E-state index in [1.807, 2.05) is 0 Å². The first-order chi connectivity index (χ1) is 8.65. The molecular formula is C12H20BrN3O2S. The molecule has 1 rings (SSSR count). The van der Waals surface area contributed by atoms with Crippen LogP contribution in [-0.2, 0) is 16.3 Å². The first kappa shape index (κ1) is 16.4. The molecule has 0 aliphatic carbocycles. The Labute approximate surface area is 123 Å². The Morgan fingerprint density at radius 1 is 1.37 bits per heavy atom. The molecule has 0 radical (unpaired) electrons. The number of nitrogens with zero attached hydrogens (tertiary/aromatic N) is 2. The molecule has 0 aliphatic heterocycles. The fourth-order valence-electron chi connectivity index (χ4n) is 1.33. The van der Waals surface area contributed by atoms with Crippen molar-refractivity contribution in [1.82, 2.24) is 9.97 Å². The van der Waals surface area contributed by atoms with Gasteiger partial charge in [0.1, 0.15) is 16.2 Å². The van der Waals surface area contributed by atoms with Crippen LogP contribution in [0.2, 0.25) is 0 Å². The minimum Gasteiger partial charge on any atom is -0.368 e. The highest BCUT2D eigenvalue weighted by Gasteiger charge is 2.29. The van der Waals surface area contributed by atoms with Gasteiger partial charge in [0, 0.05) is 25.3 Å². The SMILES string of the molecule is CCCc1nc(Br)cc(NCC(C)(C)S(C)(=O)=O)n1. The Hall–Kier alpha value is -0.690. The molecule has 0 saturated heterocycles. The van der Waals surface area contributed by atoms with Crippen LogP contribution in [-0.4, -0.2) is 35.9 Å². The monoisotopic (exact) mass is 349 g/mol. The summed E-state index contributed by atoms with van der Waals surface area (Å²) in [7, 11) is -3.12. The number of halogens is 1. The number of nitrogens with one attached hydrogen (secondary N) is 1. The second kappa shape index (κ2) is 6.17. The first-order valence-corrected chi connectivity index (χ1v) is 8.81. The summed E-state index contributed by atoms with van der Waals surface area (Å²) in [5, 5.41) is 3.07. The molecule has 0 saturated carbocycles. The molecule has 5 nitrogen and oxygen atoms in total. The summed E-state index contributed by atoms with van der Waals surface area (Å²) >= 11 is 3.33. The molecule has 19 heavy (non-hydrogen) atoms. The van der Waals surface area contributed by atoms with Gasteiger partial charge in [-0.1, -0.05) is 6.92 Å². The minimum atomic E-state index is -3.12. The van der Waals surface area contributed by atoms with E-state index in [0.717, 1.165) is 18.7 Å². The summed E-state index contributed by atoms with van der Waals surface area (Å²) in [6, 6.07) is 1.75. The van der Waals surface area contributed by atoms with Crippen molar-refractivity contribution in [2.24, 2.45) is 0 Å². The molecule has 0 aromatic carbocycles. The van der Waals surface area contributed by atoms with E-state index < -0.39 is 14.6 Å². The highest BCUT2D eigenvalue weighted by Crippen LogP contribution is 2.18. The van der Waals surface area contributed by atoms with Crippen molar-refractivity contribution in [3.63, 3.8) is 0 Å². The van der Waals surface area contributed by atoms with E-state index in [2.05, 4.69) is 38.1 Å². The van der Waals surface area contributed by atoms with Crippen LogP contribution in [0.25, 0.3) is 0 Å². The lowest BCUT2D eigenvalue weighted by Crippen LogP contribution is -2.38. The van der Waals surface area contributed by atoms with Gasteiger partial charge >= 0.3 is 0 Å². The zero-order valence-electron chi connectivity index (χ0n) is 11.7. The molecule has 0 unspecified atom stereocenters. The van der Waals surface area contributed by atoms with E-state index in [0.29, 0.717) is 17.0 Å². The van der Waals surface area contributed by atoms with Gasteiger partial charge in [-0.2, -0.15) is 0 Å². The summed E-state index contributed by atoms with van der Waals surface area (Å²) in [4.78, 5) is 8.63. The lowest BCUT2D eigenvalue weighted by molar-refractivity contribution is 0.559. The van der Waals surface area contributed by atoms with Crippen molar-refractivity contribution in [3.05, 3.63) is 16.5 Å². The molecule has 0 atom stereocenters. The van der Waals surface area contributed by atoms with E-state index in [9.17, 15) is 8.42 Å². The quantitative estimate of drug-likeness (QED) is 0.798. The van der Waals surface area contributed by atoms with Gasteiger partial charge in [0.25, 0.3) is 0 Å². The van der Waals surface area contributed by atoms with Crippen molar-refractivity contribution < 1.29 is 8.42 Å². The molecule has 1 N–H and O–H groups in total. The molecule has 0 aliphatic rings. The zero-order chi connectivity index (χ0) is 14.7. The Kier molecular flexibility index (Phi) is 5.32. The topological polar surface area (TPSA) is 72.0 Å². The highest BCUT2D eigenvalue weighted by molar-refractivity contribution is 9.10. The van der Waals surface area contributed by atoms with Gasteiger partial charge in [-0.15, -0.1) is 0 Å². The maximum atomic E-state index is 11.6. The van der Waals surface area contributed by atoms with Gasteiger partial charge in [0.15, 0.2) is 9.84 Å². The summed E-state index contributed by atoms with van der Waals surface area (Å²) in [6.07, 6.45) is 3.00. The summed E-state index contributed by atoms with van der Waals surface area (Å²) in [5.74, 6) is 1.39. The molecule has 1 heterocycles. The van der Waals surface area contributed by atoms with Crippen LogP contribution in [0.1, 0.15) is 33.0 Å². The number of hydrogen-bond acceptors (Lipinski definition) is 5. The van der Waals surface area contributed by atoms with Crippen molar-refractivity contribution in [2.45, 2.75) is 38.4 Å². The zero-order valence-corrected chi connectivity index (χ0v) is 14.1. The molecule has 0 spiro atoms. The normalized spacial score (nSPS) is 12.5. The largest absolute Gasteiger partial charge is 0.368 e. The van der Waals surface area contributed by atoms with Gasteiger partial charge in [0.2, 0.25) is 0 Å². The lowest BCUT2D eigenvalue weighted by atomic mass is 10.2. The summed E-state index contributed by atoms with van der Waals surface area (Å²) in [6.45, 7) is 5.75. The Morgan fingerprint density at radius 2 is 2.00 bits per heavy atom. The van der Waals surface area contributed by atoms with Crippen molar-refractivity contribution in [2.75, 3.05) is 18.1 Å². The number of hydrogen-bond donors (Lipinski definition) is 1. The summed E-state index contributed by atoms with van der Waals surface area (Å²) < 4.78 is 23.1. The Bertz CT molecular complexity index is 544. The van der Waals surface area contributed by atoms with Crippen LogP contribution in [0, 0.1) is 0 Å². The van der Waals surface area contributed by atoms with E-state index in [1.165, 1.54) is 6.26 Å². The standard InChI is InChI=1S/C12H20BrN3O2S/c1-5-6-10-15-9(13)7-11(16-10)14-8-12(2,3)19(4,17)18/h7H,5-6,8H2,1-4H3,(H,14,15,16). The van der Waals surface area contributed by atoms with Crippen LogP contribution in [0.4, 0.5) is 5.82 Å². The Balaban J connectivity index is 2.83. The average molecular weight is 350 g/mol. The maximum absolute atomic E-state index is 11.6. The van der Waals surface area contributed by atoms with Gasteiger partial charge in [-0.3, -0.25) is 0 Å². The minimum absolute atomic E-state index is 0.306. The molecule has 0 bridgehead atoms. The predicted molar refractivity (Wildman–Crippen MR) is 81.1 cm³/mol. The maximum Gasteiger partial charge on any atom is 0.154 e. The molecule has 1 aromatic heterocycles. The third kappa shape index (κ3) is 4.72. The molecular weight excluding hydrogens is 330 g/mol. The number of aryl methyl sites for hydroxylation is 1. The van der Waals surface area contributed by atoms with E-state index >= 15 is 0 Å². The van der Waals surface area contributed by atoms with Gasteiger partial charge < -0.3 is 5.32 Å². The Morgan fingerprint density at radius 3 is 2.53 bits per heavy atom. The molecule has 0 amide bonds.